The molecule has 94 valence electrons. The summed E-state index contributed by atoms with van der Waals surface area (Å²) in [6.45, 7) is 0. The lowest BCUT2D eigenvalue weighted by Gasteiger charge is -2.35. The van der Waals surface area contributed by atoms with Gasteiger partial charge in [0.1, 0.15) is 11.9 Å². The minimum atomic E-state index is -0.587. The highest BCUT2D eigenvalue weighted by Gasteiger charge is 2.55. The second-order valence-electron chi connectivity index (χ2n) is 5.29. The van der Waals surface area contributed by atoms with E-state index in [1.165, 1.54) is 0 Å². The van der Waals surface area contributed by atoms with E-state index in [2.05, 4.69) is 0 Å². The summed E-state index contributed by atoms with van der Waals surface area (Å²) in [5, 5.41) is 0. The highest BCUT2D eigenvalue weighted by molar-refractivity contribution is 5.93. The number of hydrogen-bond acceptors (Lipinski definition) is 3. The highest BCUT2D eigenvalue weighted by atomic mass is 16.6. The van der Waals surface area contributed by atoms with E-state index in [4.69, 9.17) is 4.74 Å². The van der Waals surface area contributed by atoms with Gasteiger partial charge in [0.25, 0.3) is 0 Å². The first-order chi connectivity index (χ1) is 8.71. The molecular formula is C15H16O3. The molecule has 0 unspecified atom stereocenters. The molecule has 0 aromatic heterocycles. The molecule has 1 aromatic rings. The Morgan fingerprint density at radius 3 is 2.78 bits per heavy atom. The molecule has 2 atom stereocenters. The summed E-state index contributed by atoms with van der Waals surface area (Å²) < 4.78 is 5.35. The third-order valence-corrected chi connectivity index (χ3v) is 4.14. The van der Waals surface area contributed by atoms with Gasteiger partial charge in [-0.05, 0) is 24.8 Å². The fourth-order valence-corrected chi connectivity index (χ4v) is 3.23. The first-order valence-electron chi connectivity index (χ1n) is 6.47. The zero-order valence-corrected chi connectivity index (χ0v) is 10.2. The average Bonchev–Trinajstić information content (AvgIpc) is 2.68. The molecule has 1 aromatic carbocycles. The summed E-state index contributed by atoms with van der Waals surface area (Å²) in [7, 11) is 0. The minimum absolute atomic E-state index is 0.202. The highest BCUT2D eigenvalue weighted by Crippen LogP contribution is 2.46. The summed E-state index contributed by atoms with van der Waals surface area (Å²) in [4.78, 5) is 23.9. The summed E-state index contributed by atoms with van der Waals surface area (Å²) in [5.74, 6) is -0.0142. The maximum absolute atomic E-state index is 12.3. The van der Waals surface area contributed by atoms with Crippen LogP contribution in [0, 0.1) is 5.41 Å². The van der Waals surface area contributed by atoms with Crippen LogP contribution in [0.15, 0.2) is 30.3 Å². The predicted molar refractivity (Wildman–Crippen MR) is 65.9 cm³/mol. The molecule has 1 aliphatic carbocycles. The Morgan fingerprint density at radius 1 is 1.22 bits per heavy atom. The molecule has 1 saturated heterocycles. The van der Waals surface area contributed by atoms with Crippen molar-refractivity contribution >= 4 is 11.8 Å². The third kappa shape index (κ3) is 1.74. The maximum atomic E-state index is 12.3. The number of fused-ring (bicyclic) bond motifs is 1. The van der Waals surface area contributed by atoms with Crippen LogP contribution in [0.25, 0.3) is 0 Å². The molecule has 3 rings (SSSR count). The molecule has 1 saturated carbocycles. The van der Waals surface area contributed by atoms with Crippen LogP contribution in [0.1, 0.15) is 31.2 Å². The first kappa shape index (κ1) is 11.5. The van der Waals surface area contributed by atoms with Crippen LogP contribution in [0.5, 0.6) is 0 Å². The van der Waals surface area contributed by atoms with Crippen LogP contribution in [0.2, 0.25) is 0 Å². The van der Waals surface area contributed by atoms with E-state index < -0.39 is 5.41 Å². The van der Waals surface area contributed by atoms with E-state index in [0.717, 1.165) is 18.4 Å². The smallest absolute Gasteiger partial charge is 0.307 e. The Labute approximate surface area is 106 Å². The molecular weight excluding hydrogens is 228 g/mol. The predicted octanol–water partition coefficient (Wildman–Crippen LogP) is 2.28. The third-order valence-electron chi connectivity index (χ3n) is 4.14. The number of esters is 1. The van der Waals surface area contributed by atoms with Crippen molar-refractivity contribution in [2.75, 3.05) is 0 Å². The summed E-state index contributed by atoms with van der Waals surface area (Å²) in [6.07, 6.45) is 2.93. The molecule has 0 spiro atoms. The van der Waals surface area contributed by atoms with Crippen molar-refractivity contribution in [3.63, 3.8) is 0 Å². The number of benzene rings is 1. The van der Waals surface area contributed by atoms with Crippen LogP contribution in [0.3, 0.4) is 0 Å². The van der Waals surface area contributed by atoms with Gasteiger partial charge < -0.3 is 4.74 Å². The lowest BCUT2D eigenvalue weighted by Crippen LogP contribution is -2.44. The quantitative estimate of drug-likeness (QED) is 0.750. The zero-order chi connectivity index (χ0) is 12.6. The van der Waals surface area contributed by atoms with Gasteiger partial charge in [0.15, 0.2) is 0 Å². The molecule has 2 aliphatic rings. The standard InChI is InChI=1S/C15H16O3/c16-12-7-4-8-13-15(12,10-14(17)18-13)9-11-5-2-1-3-6-11/h1-3,5-6,13H,4,7-10H2/t13-,15-/m0/s1. The van der Waals surface area contributed by atoms with E-state index in [1.807, 2.05) is 30.3 Å². The molecule has 0 amide bonds. The van der Waals surface area contributed by atoms with Gasteiger partial charge in [0.2, 0.25) is 0 Å². The van der Waals surface area contributed by atoms with Crippen LogP contribution in [-0.2, 0) is 20.7 Å². The van der Waals surface area contributed by atoms with Gasteiger partial charge in [-0.25, -0.2) is 0 Å². The molecule has 18 heavy (non-hydrogen) atoms. The van der Waals surface area contributed by atoms with Crippen molar-refractivity contribution in [1.29, 1.82) is 0 Å². The molecule has 1 heterocycles. The van der Waals surface area contributed by atoms with Crippen molar-refractivity contribution in [2.24, 2.45) is 5.41 Å². The second kappa shape index (κ2) is 4.23. The van der Waals surface area contributed by atoms with E-state index in [0.29, 0.717) is 12.8 Å². The molecule has 1 aliphatic heterocycles. The molecule has 0 N–H and O–H groups in total. The van der Waals surface area contributed by atoms with Crippen molar-refractivity contribution in [2.45, 2.75) is 38.2 Å². The van der Waals surface area contributed by atoms with Gasteiger partial charge in [0.05, 0.1) is 11.8 Å². The van der Waals surface area contributed by atoms with Gasteiger partial charge in [-0.15, -0.1) is 0 Å². The van der Waals surface area contributed by atoms with Gasteiger partial charge in [-0.2, -0.15) is 0 Å². The number of carbonyl (C=O) groups excluding carboxylic acids is 2. The van der Waals surface area contributed by atoms with Crippen molar-refractivity contribution in [1.82, 2.24) is 0 Å². The van der Waals surface area contributed by atoms with E-state index in [9.17, 15) is 9.59 Å². The Hall–Kier alpha value is -1.64. The number of rotatable bonds is 2. The summed E-state index contributed by atoms with van der Waals surface area (Å²) in [6, 6.07) is 9.91. The SMILES string of the molecule is O=C1C[C@@]2(Cc3ccccc3)C(=O)CCC[C@@H]2O1. The van der Waals surface area contributed by atoms with Crippen LogP contribution < -0.4 is 0 Å². The molecule has 2 fully saturated rings. The minimum Gasteiger partial charge on any atom is -0.461 e. The van der Waals surface area contributed by atoms with Gasteiger partial charge in [0, 0.05) is 6.42 Å². The Kier molecular flexibility index (Phi) is 2.69. The van der Waals surface area contributed by atoms with Gasteiger partial charge in [-0.1, -0.05) is 30.3 Å². The Morgan fingerprint density at radius 2 is 2.00 bits per heavy atom. The first-order valence-corrected chi connectivity index (χ1v) is 6.47. The monoisotopic (exact) mass is 244 g/mol. The lowest BCUT2D eigenvalue weighted by atomic mass is 9.67. The van der Waals surface area contributed by atoms with Crippen molar-refractivity contribution < 1.29 is 14.3 Å². The van der Waals surface area contributed by atoms with Gasteiger partial charge >= 0.3 is 5.97 Å². The van der Waals surface area contributed by atoms with Crippen LogP contribution in [0.4, 0.5) is 0 Å². The summed E-state index contributed by atoms with van der Waals surface area (Å²) >= 11 is 0. The number of hydrogen-bond donors (Lipinski definition) is 0. The van der Waals surface area contributed by atoms with E-state index in [1.54, 1.807) is 0 Å². The molecule has 3 nitrogen and oxygen atoms in total. The van der Waals surface area contributed by atoms with Gasteiger partial charge in [-0.3, -0.25) is 9.59 Å². The number of Topliss-reactive ketones (excluding diaryl/α,β-unsaturated/α-hetero) is 1. The van der Waals surface area contributed by atoms with Crippen molar-refractivity contribution in [3.8, 4) is 0 Å². The number of ether oxygens (including phenoxy) is 1. The van der Waals surface area contributed by atoms with E-state index >= 15 is 0 Å². The zero-order valence-electron chi connectivity index (χ0n) is 10.2. The summed E-state index contributed by atoms with van der Waals surface area (Å²) in [5.41, 5.74) is 0.521. The van der Waals surface area contributed by atoms with Crippen molar-refractivity contribution in [3.05, 3.63) is 35.9 Å². The second-order valence-corrected chi connectivity index (χ2v) is 5.29. The number of ketones is 1. The number of carbonyl (C=O) groups is 2. The average molecular weight is 244 g/mol. The fourth-order valence-electron chi connectivity index (χ4n) is 3.23. The fraction of sp³-hybridized carbons (Fsp3) is 0.467. The molecule has 3 heteroatoms. The van der Waals surface area contributed by atoms with Crippen LogP contribution in [-0.4, -0.2) is 17.9 Å². The molecule has 0 bridgehead atoms. The van der Waals surface area contributed by atoms with Crippen LogP contribution >= 0.6 is 0 Å². The van der Waals surface area contributed by atoms with E-state index in [-0.39, 0.29) is 24.3 Å². The lowest BCUT2D eigenvalue weighted by molar-refractivity contribution is -0.144. The maximum Gasteiger partial charge on any atom is 0.307 e. The Balaban J connectivity index is 1.94. The Bertz CT molecular complexity index is 480. The molecule has 0 radical (unpaired) electrons. The topological polar surface area (TPSA) is 43.4 Å². The largest absolute Gasteiger partial charge is 0.461 e. The normalized spacial score (nSPS) is 31.0.